The number of ether oxygens (including phenoxy) is 2. The van der Waals surface area contributed by atoms with Gasteiger partial charge in [-0.3, -0.25) is 0 Å². The van der Waals surface area contributed by atoms with Gasteiger partial charge in [0.25, 0.3) is 0 Å². The zero-order chi connectivity index (χ0) is 25.0. The van der Waals surface area contributed by atoms with E-state index in [1.807, 2.05) is 37.3 Å². The average Bonchev–Trinajstić information content (AvgIpc) is 2.84. The van der Waals surface area contributed by atoms with E-state index in [1.54, 1.807) is 12.1 Å². The third kappa shape index (κ3) is 5.59. The molecule has 1 N–H and O–H groups in total. The minimum Gasteiger partial charge on any atom is -0.487 e. The summed E-state index contributed by atoms with van der Waals surface area (Å²) in [6.45, 7) is 11.7. The van der Waals surface area contributed by atoms with Crippen molar-refractivity contribution in [1.29, 1.82) is 0 Å². The van der Waals surface area contributed by atoms with E-state index < -0.39 is 0 Å². The summed E-state index contributed by atoms with van der Waals surface area (Å²) in [6, 6.07) is 22.0. The standard InChI is InChI=1S/C31H35NO3/c1-6-34-30(33)23-12-14-24(15-13-23)32-28-18-26-25(21(2)3)16-17-31(4,5)27(26)19-29(28)35-20-22-10-8-7-9-11-22/h7-16,18-19,21,32H,6,17,20H2,1-5H3. The molecular formula is C31H35NO3. The first-order valence-electron chi connectivity index (χ1n) is 12.4. The maximum absolute atomic E-state index is 12.0. The van der Waals surface area contributed by atoms with Crippen molar-refractivity contribution in [3.8, 4) is 5.75 Å². The topological polar surface area (TPSA) is 47.6 Å². The summed E-state index contributed by atoms with van der Waals surface area (Å²) in [5.41, 5.74) is 7.43. The van der Waals surface area contributed by atoms with Gasteiger partial charge in [0, 0.05) is 5.69 Å². The van der Waals surface area contributed by atoms with Crippen molar-refractivity contribution in [2.75, 3.05) is 11.9 Å². The fourth-order valence-corrected chi connectivity index (χ4v) is 4.52. The van der Waals surface area contributed by atoms with E-state index in [0.717, 1.165) is 29.1 Å². The highest BCUT2D eigenvalue weighted by Gasteiger charge is 2.30. The number of esters is 1. The molecule has 0 saturated carbocycles. The minimum atomic E-state index is -0.311. The van der Waals surface area contributed by atoms with Crippen molar-refractivity contribution in [3.63, 3.8) is 0 Å². The molecule has 0 atom stereocenters. The number of carbonyl (C=O) groups is 1. The molecule has 0 spiro atoms. The number of fused-ring (bicyclic) bond motifs is 1. The van der Waals surface area contributed by atoms with Crippen LogP contribution in [0.3, 0.4) is 0 Å². The summed E-state index contributed by atoms with van der Waals surface area (Å²) in [7, 11) is 0. The van der Waals surface area contributed by atoms with Gasteiger partial charge in [0.15, 0.2) is 0 Å². The highest BCUT2D eigenvalue weighted by molar-refractivity contribution is 5.90. The third-order valence-electron chi connectivity index (χ3n) is 6.53. The van der Waals surface area contributed by atoms with E-state index in [-0.39, 0.29) is 11.4 Å². The van der Waals surface area contributed by atoms with Crippen LogP contribution in [-0.2, 0) is 16.8 Å². The fourth-order valence-electron chi connectivity index (χ4n) is 4.52. The van der Waals surface area contributed by atoms with Crippen LogP contribution in [0.25, 0.3) is 5.57 Å². The molecule has 0 unspecified atom stereocenters. The summed E-state index contributed by atoms with van der Waals surface area (Å²) in [4.78, 5) is 12.0. The first-order chi connectivity index (χ1) is 16.8. The molecule has 0 fully saturated rings. The predicted octanol–water partition coefficient (Wildman–Crippen LogP) is 7.91. The predicted molar refractivity (Wildman–Crippen MR) is 143 cm³/mol. The largest absolute Gasteiger partial charge is 0.487 e. The molecule has 0 radical (unpaired) electrons. The Kier molecular flexibility index (Phi) is 7.30. The Morgan fingerprint density at radius 2 is 1.74 bits per heavy atom. The Morgan fingerprint density at radius 1 is 1.03 bits per heavy atom. The fraction of sp³-hybridized carbons (Fsp3) is 0.323. The maximum atomic E-state index is 12.0. The lowest BCUT2D eigenvalue weighted by molar-refractivity contribution is 0.0526. The minimum absolute atomic E-state index is 0.0262. The van der Waals surface area contributed by atoms with Gasteiger partial charge in [0.05, 0.1) is 17.9 Å². The van der Waals surface area contributed by atoms with Crippen LogP contribution in [0.2, 0.25) is 0 Å². The number of anilines is 2. The normalized spacial score (nSPS) is 14.2. The van der Waals surface area contributed by atoms with Crippen LogP contribution >= 0.6 is 0 Å². The molecule has 35 heavy (non-hydrogen) atoms. The Morgan fingerprint density at radius 3 is 2.40 bits per heavy atom. The van der Waals surface area contributed by atoms with Crippen LogP contribution in [-0.4, -0.2) is 12.6 Å². The molecule has 182 valence electrons. The highest BCUT2D eigenvalue weighted by atomic mass is 16.5. The van der Waals surface area contributed by atoms with E-state index in [2.05, 4.69) is 63.4 Å². The van der Waals surface area contributed by atoms with Gasteiger partial charge in [-0.25, -0.2) is 4.79 Å². The lowest BCUT2D eigenvalue weighted by Gasteiger charge is -2.34. The second-order valence-corrected chi connectivity index (χ2v) is 9.99. The lowest BCUT2D eigenvalue weighted by atomic mass is 9.71. The first-order valence-corrected chi connectivity index (χ1v) is 12.4. The third-order valence-corrected chi connectivity index (χ3v) is 6.53. The molecule has 0 saturated heterocycles. The SMILES string of the molecule is CCOC(=O)c1ccc(Nc2cc3c(cc2OCc2ccccc2)C(C)(C)CC=C3C(C)C)cc1. The number of nitrogens with one attached hydrogen (secondary N) is 1. The number of carbonyl (C=O) groups excluding carboxylic acids is 1. The van der Waals surface area contributed by atoms with Crippen molar-refractivity contribution in [2.45, 2.75) is 53.1 Å². The summed E-state index contributed by atoms with van der Waals surface area (Å²) in [6.07, 6.45) is 3.39. The molecular weight excluding hydrogens is 434 g/mol. The van der Waals surface area contributed by atoms with E-state index in [1.165, 1.54) is 16.7 Å². The summed E-state index contributed by atoms with van der Waals surface area (Å²) < 4.78 is 11.5. The number of allylic oxidation sites excluding steroid dienone is 2. The molecule has 4 nitrogen and oxygen atoms in total. The average molecular weight is 470 g/mol. The summed E-state index contributed by atoms with van der Waals surface area (Å²) >= 11 is 0. The van der Waals surface area contributed by atoms with Gasteiger partial charge < -0.3 is 14.8 Å². The zero-order valence-corrected chi connectivity index (χ0v) is 21.4. The quantitative estimate of drug-likeness (QED) is 0.341. The van der Waals surface area contributed by atoms with Gasteiger partial charge in [-0.05, 0) is 83.3 Å². The van der Waals surface area contributed by atoms with Gasteiger partial charge in [-0.15, -0.1) is 0 Å². The molecule has 3 aromatic rings. The van der Waals surface area contributed by atoms with E-state index in [0.29, 0.717) is 24.7 Å². The van der Waals surface area contributed by atoms with E-state index in [4.69, 9.17) is 9.47 Å². The van der Waals surface area contributed by atoms with Gasteiger partial charge in [0.1, 0.15) is 12.4 Å². The van der Waals surface area contributed by atoms with Crippen molar-refractivity contribution in [1.82, 2.24) is 0 Å². The molecule has 4 heteroatoms. The Bertz CT molecular complexity index is 1210. The van der Waals surface area contributed by atoms with Crippen molar-refractivity contribution in [3.05, 3.63) is 95.1 Å². The maximum Gasteiger partial charge on any atom is 0.338 e. The molecule has 0 bridgehead atoms. The molecule has 3 aromatic carbocycles. The van der Waals surface area contributed by atoms with Crippen molar-refractivity contribution in [2.24, 2.45) is 5.92 Å². The lowest BCUT2D eigenvalue weighted by Crippen LogP contribution is -2.23. The number of hydrogen-bond acceptors (Lipinski definition) is 4. The Labute approximate surface area is 209 Å². The van der Waals surface area contributed by atoms with Crippen LogP contribution < -0.4 is 10.1 Å². The molecule has 0 aliphatic heterocycles. The summed E-state index contributed by atoms with van der Waals surface area (Å²) in [5.74, 6) is 0.937. The smallest absolute Gasteiger partial charge is 0.338 e. The molecule has 1 aliphatic rings. The van der Waals surface area contributed by atoms with Gasteiger partial charge in [-0.1, -0.05) is 64.1 Å². The molecule has 1 aliphatic carbocycles. The highest BCUT2D eigenvalue weighted by Crippen LogP contribution is 2.46. The van der Waals surface area contributed by atoms with Crippen LogP contribution in [0, 0.1) is 5.92 Å². The van der Waals surface area contributed by atoms with Crippen molar-refractivity contribution < 1.29 is 14.3 Å². The van der Waals surface area contributed by atoms with E-state index in [9.17, 15) is 4.79 Å². The van der Waals surface area contributed by atoms with E-state index >= 15 is 0 Å². The molecule has 0 heterocycles. The molecule has 0 amide bonds. The number of hydrogen-bond donors (Lipinski definition) is 1. The second-order valence-electron chi connectivity index (χ2n) is 9.99. The van der Waals surface area contributed by atoms with Gasteiger partial charge >= 0.3 is 5.97 Å². The number of rotatable bonds is 8. The molecule has 4 rings (SSSR count). The second kappa shape index (κ2) is 10.4. The Hall–Kier alpha value is -3.53. The zero-order valence-electron chi connectivity index (χ0n) is 21.4. The van der Waals surface area contributed by atoms with Crippen LogP contribution in [0.1, 0.15) is 68.1 Å². The number of benzene rings is 3. The van der Waals surface area contributed by atoms with Gasteiger partial charge in [-0.2, -0.15) is 0 Å². The van der Waals surface area contributed by atoms with Crippen LogP contribution in [0.15, 0.2) is 72.8 Å². The van der Waals surface area contributed by atoms with Crippen molar-refractivity contribution >= 4 is 22.9 Å². The van der Waals surface area contributed by atoms with Crippen LogP contribution in [0.4, 0.5) is 11.4 Å². The monoisotopic (exact) mass is 469 g/mol. The van der Waals surface area contributed by atoms with Gasteiger partial charge in [0.2, 0.25) is 0 Å². The van der Waals surface area contributed by atoms with Crippen LogP contribution in [0.5, 0.6) is 5.75 Å². The first kappa shape index (κ1) is 24.6. The Balaban J connectivity index is 1.71. The molecule has 0 aromatic heterocycles. The summed E-state index contributed by atoms with van der Waals surface area (Å²) in [5, 5.41) is 3.54.